The van der Waals surface area contributed by atoms with E-state index in [1.54, 1.807) is 31.2 Å². The Labute approximate surface area is 172 Å². The normalized spacial score (nSPS) is 16.5. The van der Waals surface area contributed by atoms with Gasteiger partial charge in [-0.05, 0) is 36.8 Å². The maximum atomic E-state index is 13.4. The summed E-state index contributed by atoms with van der Waals surface area (Å²) >= 11 is 6.13. The van der Waals surface area contributed by atoms with Crippen LogP contribution in [0.3, 0.4) is 0 Å². The first-order valence-electron chi connectivity index (χ1n) is 8.99. The van der Waals surface area contributed by atoms with E-state index in [4.69, 9.17) is 21.1 Å². The number of para-hydroxylation sites is 1. The Morgan fingerprint density at radius 2 is 1.90 bits per heavy atom. The molecule has 3 rings (SSSR count). The van der Waals surface area contributed by atoms with Gasteiger partial charge in [-0.2, -0.15) is 0 Å². The third-order valence-electron chi connectivity index (χ3n) is 4.48. The zero-order chi connectivity index (χ0) is 21.0. The summed E-state index contributed by atoms with van der Waals surface area (Å²) in [6.45, 7) is 1.77. The fourth-order valence-electron chi connectivity index (χ4n) is 2.99. The molecule has 1 N–H and O–H groups in total. The summed E-state index contributed by atoms with van der Waals surface area (Å²) in [5, 5.41) is 3.16. The van der Waals surface area contributed by atoms with Crippen molar-refractivity contribution in [2.24, 2.45) is 0 Å². The highest BCUT2D eigenvalue weighted by atomic mass is 35.5. The molecular formula is C21H20ClFN2O4. The van der Waals surface area contributed by atoms with Gasteiger partial charge in [0, 0.05) is 7.05 Å². The number of amides is 2. The predicted octanol–water partition coefficient (Wildman–Crippen LogP) is 4.07. The second kappa shape index (κ2) is 8.96. The van der Waals surface area contributed by atoms with Crippen LogP contribution in [-0.4, -0.2) is 37.2 Å². The zero-order valence-corrected chi connectivity index (χ0v) is 16.7. The molecule has 1 atom stereocenters. The van der Waals surface area contributed by atoms with Crippen molar-refractivity contribution in [1.29, 1.82) is 0 Å². The van der Waals surface area contributed by atoms with Crippen molar-refractivity contribution in [2.45, 2.75) is 13.0 Å². The van der Waals surface area contributed by atoms with Gasteiger partial charge in [0.25, 0.3) is 0 Å². The second-order valence-electron chi connectivity index (χ2n) is 6.29. The van der Waals surface area contributed by atoms with Crippen molar-refractivity contribution in [2.75, 3.05) is 20.3 Å². The van der Waals surface area contributed by atoms with Gasteiger partial charge in [0.15, 0.2) is 0 Å². The number of benzene rings is 2. The van der Waals surface area contributed by atoms with E-state index in [0.29, 0.717) is 22.0 Å². The molecule has 0 saturated carbocycles. The molecule has 6 nitrogen and oxygen atoms in total. The van der Waals surface area contributed by atoms with Gasteiger partial charge < -0.3 is 14.8 Å². The molecule has 8 heteroatoms. The van der Waals surface area contributed by atoms with Crippen LogP contribution < -0.4 is 10.1 Å². The highest BCUT2D eigenvalue weighted by Gasteiger charge is 2.37. The minimum absolute atomic E-state index is 0.0838. The van der Waals surface area contributed by atoms with E-state index >= 15 is 0 Å². The summed E-state index contributed by atoms with van der Waals surface area (Å²) in [5.74, 6) is -0.592. The van der Waals surface area contributed by atoms with Gasteiger partial charge in [0.05, 0.1) is 28.9 Å². The number of ether oxygens (including phenoxy) is 2. The van der Waals surface area contributed by atoms with E-state index in [1.165, 1.54) is 36.2 Å². The molecule has 0 radical (unpaired) electrons. The highest BCUT2D eigenvalue weighted by molar-refractivity contribution is 6.32. The summed E-state index contributed by atoms with van der Waals surface area (Å²) in [4.78, 5) is 26.6. The molecule has 29 heavy (non-hydrogen) atoms. The number of nitrogens with one attached hydrogen (secondary N) is 1. The van der Waals surface area contributed by atoms with E-state index in [0.717, 1.165) is 0 Å². The first-order chi connectivity index (χ1) is 13.9. The summed E-state index contributed by atoms with van der Waals surface area (Å²) in [6.07, 6.45) is 0. The molecule has 2 amide bonds. The first kappa shape index (κ1) is 20.7. The van der Waals surface area contributed by atoms with Crippen LogP contribution in [0.4, 0.5) is 9.18 Å². The average molecular weight is 419 g/mol. The Bertz CT molecular complexity index is 946. The van der Waals surface area contributed by atoms with Crippen LogP contribution in [0.5, 0.6) is 5.75 Å². The van der Waals surface area contributed by atoms with Crippen LogP contribution in [0.1, 0.15) is 18.5 Å². The molecule has 0 bridgehead atoms. The van der Waals surface area contributed by atoms with Crippen LogP contribution in [0, 0.1) is 5.82 Å². The quantitative estimate of drug-likeness (QED) is 0.718. The number of likely N-dealkylation sites (N-methyl/N-ethyl adjacent to an activating group) is 1. The molecule has 0 fully saturated rings. The molecule has 0 spiro atoms. The maximum absolute atomic E-state index is 13.4. The van der Waals surface area contributed by atoms with Crippen molar-refractivity contribution >= 4 is 23.6 Å². The fourth-order valence-corrected chi connectivity index (χ4v) is 3.18. The summed E-state index contributed by atoms with van der Waals surface area (Å²) in [7, 11) is 1.53. The van der Waals surface area contributed by atoms with E-state index in [9.17, 15) is 14.0 Å². The lowest BCUT2D eigenvalue weighted by Crippen LogP contribution is -2.48. The first-order valence-corrected chi connectivity index (χ1v) is 9.37. The Morgan fingerprint density at radius 3 is 2.55 bits per heavy atom. The minimum atomic E-state index is -0.803. The number of hydrogen-bond donors (Lipinski definition) is 1. The predicted molar refractivity (Wildman–Crippen MR) is 106 cm³/mol. The van der Waals surface area contributed by atoms with Crippen LogP contribution in [0.25, 0.3) is 0 Å². The number of rotatable bonds is 6. The van der Waals surface area contributed by atoms with Crippen LogP contribution in [-0.2, 0) is 9.53 Å². The second-order valence-corrected chi connectivity index (χ2v) is 6.70. The van der Waals surface area contributed by atoms with Crippen LogP contribution in [0.2, 0.25) is 5.02 Å². The largest absolute Gasteiger partial charge is 0.486 e. The van der Waals surface area contributed by atoms with Crippen molar-refractivity contribution in [3.05, 3.63) is 76.2 Å². The number of nitrogens with zero attached hydrogens (tertiary/aromatic N) is 1. The van der Waals surface area contributed by atoms with Crippen molar-refractivity contribution < 1.29 is 23.5 Å². The number of esters is 1. The zero-order valence-electron chi connectivity index (χ0n) is 15.9. The average Bonchev–Trinajstić information content (AvgIpc) is 2.70. The Hall–Kier alpha value is -3.06. The standard InChI is InChI=1S/C21H20ClFN2O4/c1-3-28-20(26)18-16(12-29-17-7-5-4-6-15(17)22)25(2)21(27)24-19(18)13-8-10-14(23)11-9-13/h4-11,19H,3,12H2,1-2H3,(H,24,27)/t19-/m1/s1. The van der Waals surface area contributed by atoms with E-state index < -0.39 is 23.9 Å². The maximum Gasteiger partial charge on any atom is 0.338 e. The summed E-state index contributed by atoms with van der Waals surface area (Å²) in [6, 6.07) is 11.2. The third kappa shape index (κ3) is 4.51. The van der Waals surface area contributed by atoms with Crippen molar-refractivity contribution in [3.8, 4) is 5.75 Å². The molecule has 0 saturated heterocycles. The fraction of sp³-hybridized carbons (Fsp3) is 0.238. The van der Waals surface area contributed by atoms with E-state index in [-0.39, 0.29) is 18.8 Å². The van der Waals surface area contributed by atoms with Gasteiger partial charge in [0.1, 0.15) is 18.2 Å². The molecule has 2 aromatic rings. The molecule has 0 unspecified atom stereocenters. The Morgan fingerprint density at radius 1 is 1.21 bits per heavy atom. The van der Waals surface area contributed by atoms with E-state index in [2.05, 4.69) is 5.32 Å². The monoisotopic (exact) mass is 418 g/mol. The van der Waals surface area contributed by atoms with Gasteiger partial charge >= 0.3 is 12.0 Å². The Balaban J connectivity index is 2.04. The van der Waals surface area contributed by atoms with Crippen molar-refractivity contribution in [1.82, 2.24) is 10.2 Å². The minimum Gasteiger partial charge on any atom is -0.486 e. The molecule has 152 valence electrons. The molecule has 0 aromatic heterocycles. The van der Waals surface area contributed by atoms with Crippen molar-refractivity contribution in [3.63, 3.8) is 0 Å². The number of carbonyl (C=O) groups excluding carboxylic acids is 2. The van der Waals surface area contributed by atoms with Crippen LogP contribution >= 0.6 is 11.6 Å². The number of urea groups is 1. The molecule has 2 aromatic carbocycles. The SMILES string of the molecule is CCOC(=O)C1=C(COc2ccccc2Cl)N(C)C(=O)N[C@@H]1c1ccc(F)cc1. The summed E-state index contributed by atoms with van der Waals surface area (Å²) < 4.78 is 24.4. The lowest BCUT2D eigenvalue weighted by atomic mass is 9.94. The molecule has 1 heterocycles. The van der Waals surface area contributed by atoms with Gasteiger partial charge in [-0.1, -0.05) is 35.9 Å². The third-order valence-corrected chi connectivity index (χ3v) is 4.79. The van der Waals surface area contributed by atoms with E-state index in [1.807, 2.05) is 0 Å². The lowest BCUT2D eigenvalue weighted by Gasteiger charge is -2.34. The topological polar surface area (TPSA) is 67.9 Å². The van der Waals surface area contributed by atoms with Crippen LogP contribution in [0.15, 0.2) is 59.8 Å². The number of halogens is 2. The smallest absolute Gasteiger partial charge is 0.338 e. The highest BCUT2D eigenvalue weighted by Crippen LogP contribution is 2.32. The van der Waals surface area contributed by atoms with Gasteiger partial charge in [0.2, 0.25) is 0 Å². The lowest BCUT2D eigenvalue weighted by molar-refractivity contribution is -0.139. The van der Waals surface area contributed by atoms with Gasteiger partial charge in [-0.3, -0.25) is 4.90 Å². The summed E-state index contributed by atoms with van der Waals surface area (Å²) in [5.41, 5.74) is 1.10. The molecule has 0 aliphatic carbocycles. The number of hydrogen-bond acceptors (Lipinski definition) is 4. The molecular weight excluding hydrogens is 399 g/mol. The molecule has 1 aliphatic heterocycles. The Kier molecular flexibility index (Phi) is 6.39. The molecule has 1 aliphatic rings. The van der Waals surface area contributed by atoms with Gasteiger partial charge in [-0.25, -0.2) is 14.0 Å². The van der Waals surface area contributed by atoms with Gasteiger partial charge in [-0.15, -0.1) is 0 Å². The number of carbonyl (C=O) groups is 2.